The average Bonchev–Trinajstić information content (AvgIpc) is 3.06. The van der Waals surface area contributed by atoms with E-state index in [1.165, 1.54) is 0 Å². The van der Waals surface area contributed by atoms with E-state index in [9.17, 15) is 4.79 Å². The first-order chi connectivity index (χ1) is 8.46. The lowest BCUT2D eigenvalue weighted by molar-refractivity contribution is -0.123. The molecule has 1 aromatic rings. The molecule has 1 aromatic carbocycles. The summed E-state index contributed by atoms with van der Waals surface area (Å²) < 4.78 is 5.36. The normalized spacial score (nSPS) is 16.2. The van der Waals surface area contributed by atoms with E-state index in [1.807, 2.05) is 19.9 Å². The molecule has 0 atom stereocenters. The largest absolute Gasteiger partial charge is 0.496 e. The van der Waals surface area contributed by atoms with Gasteiger partial charge in [-0.15, -0.1) is 0 Å². The third-order valence-electron chi connectivity index (χ3n) is 3.46. The molecule has 1 saturated carbocycles. The highest BCUT2D eigenvalue weighted by atomic mass is 16.5. The summed E-state index contributed by atoms with van der Waals surface area (Å²) in [6, 6.07) is 4.06. The van der Waals surface area contributed by atoms with Gasteiger partial charge in [-0.25, -0.2) is 0 Å². The van der Waals surface area contributed by atoms with Gasteiger partial charge in [-0.1, -0.05) is 6.07 Å². The molecule has 0 spiro atoms. The summed E-state index contributed by atoms with van der Waals surface area (Å²) in [5.74, 6) is 0.749. The molecule has 18 heavy (non-hydrogen) atoms. The number of methoxy groups -OCH3 is 1. The van der Waals surface area contributed by atoms with Gasteiger partial charge in [0, 0.05) is 12.1 Å². The number of carbonyl (C=O) groups is 1. The maximum atomic E-state index is 11.8. The Morgan fingerprint density at radius 2 is 2.11 bits per heavy atom. The Morgan fingerprint density at radius 1 is 1.44 bits per heavy atom. The highest BCUT2D eigenvalue weighted by Gasteiger charge is 2.45. The lowest BCUT2D eigenvalue weighted by Crippen LogP contribution is -2.42. The van der Waals surface area contributed by atoms with Gasteiger partial charge in [-0.05, 0) is 43.9 Å². The number of ether oxygens (including phenoxy) is 1. The topological polar surface area (TPSA) is 64.3 Å². The van der Waals surface area contributed by atoms with Crippen LogP contribution in [0.2, 0.25) is 0 Å². The predicted octanol–water partition coefficient (Wildman–Crippen LogP) is 1.42. The van der Waals surface area contributed by atoms with Crippen LogP contribution in [0.5, 0.6) is 5.75 Å². The fourth-order valence-electron chi connectivity index (χ4n) is 2.07. The lowest BCUT2D eigenvalue weighted by Gasteiger charge is -2.15. The summed E-state index contributed by atoms with van der Waals surface area (Å²) in [7, 11) is 1.64. The molecule has 1 aliphatic rings. The number of carbonyl (C=O) groups excluding carboxylic acids is 1. The molecule has 0 aromatic heterocycles. The van der Waals surface area contributed by atoms with Crippen molar-refractivity contribution in [3.63, 3.8) is 0 Å². The maximum Gasteiger partial charge on any atom is 0.240 e. The van der Waals surface area contributed by atoms with E-state index in [2.05, 4.69) is 11.4 Å². The van der Waals surface area contributed by atoms with Crippen molar-refractivity contribution >= 4 is 5.91 Å². The van der Waals surface area contributed by atoms with E-state index in [1.54, 1.807) is 7.11 Å². The van der Waals surface area contributed by atoms with Crippen LogP contribution in [0.25, 0.3) is 0 Å². The standard InChI is InChI=1S/C14H20N2O2/c1-9-6-10(2)11(12(7-9)18-3)8-16-13(17)14(15)4-5-14/h6-7H,4-5,8,15H2,1-3H3,(H,16,17). The van der Waals surface area contributed by atoms with Gasteiger partial charge >= 0.3 is 0 Å². The van der Waals surface area contributed by atoms with Crippen molar-refractivity contribution < 1.29 is 9.53 Å². The molecule has 0 radical (unpaired) electrons. The second-order valence-corrected chi connectivity index (χ2v) is 5.10. The summed E-state index contributed by atoms with van der Waals surface area (Å²) in [6.07, 6.45) is 1.56. The first-order valence-electron chi connectivity index (χ1n) is 6.17. The van der Waals surface area contributed by atoms with Crippen molar-refractivity contribution in [2.24, 2.45) is 5.73 Å². The summed E-state index contributed by atoms with van der Waals surface area (Å²) in [4.78, 5) is 11.8. The molecule has 0 saturated heterocycles. The Hall–Kier alpha value is -1.55. The zero-order valence-electron chi connectivity index (χ0n) is 11.2. The van der Waals surface area contributed by atoms with E-state index in [0.29, 0.717) is 6.54 Å². The SMILES string of the molecule is COc1cc(C)cc(C)c1CNC(=O)C1(N)CC1. The van der Waals surface area contributed by atoms with Crippen molar-refractivity contribution in [3.8, 4) is 5.75 Å². The van der Waals surface area contributed by atoms with Crippen LogP contribution < -0.4 is 15.8 Å². The van der Waals surface area contributed by atoms with Crippen molar-refractivity contribution in [1.82, 2.24) is 5.32 Å². The Balaban J connectivity index is 2.11. The highest BCUT2D eigenvalue weighted by molar-refractivity contribution is 5.89. The fourth-order valence-corrected chi connectivity index (χ4v) is 2.07. The summed E-state index contributed by atoms with van der Waals surface area (Å²) in [5, 5.41) is 2.89. The van der Waals surface area contributed by atoms with Gasteiger partial charge in [0.15, 0.2) is 0 Å². The quantitative estimate of drug-likeness (QED) is 0.847. The van der Waals surface area contributed by atoms with E-state index in [-0.39, 0.29) is 5.91 Å². The Kier molecular flexibility index (Phi) is 3.30. The van der Waals surface area contributed by atoms with Crippen LogP contribution in [0.1, 0.15) is 29.5 Å². The second-order valence-electron chi connectivity index (χ2n) is 5.10. The molecule has 0 aliphatic heterocycles. The Bertz CT molecular complexity index is 479. The summed E-state index contributed by atoms with van der Waals surface area (Å²) in [6.45, 7) is 4.51. The third kappa shape index (κ3) is 2.48. The first-order valence-corrected chi connectivity index (χ1v) is 6.17. The minimum atomic E-state index is -0.619. The van der Waals surface area contributed by atoms with E-state index in [4.69, 9.17) is 10.5 Å². The molecule has 98 valence electrons. The van der Waals surface area contributed by atoms with E-state index < -0.39 is 5.54 Å². The first kappa shape index (κ1) is 12.9. The van der Waals surface area contributed by atoms with Gasteiger partial charge < -0.3 is 15.8 Å². The van der Waals surface area contributed by atoms with E-state index in [0.717, 1.165) is 35.3 Å². The summed E-state index contributed by atoms with van der Waals surface area (Å²) >= 11 is 0. The number of hydrogen-bond donors (Lipinski definition) is 2. The molecule has 1 amide bonds. The van der Waals surface area contributed by atoms with Crippen LogP contribution in [0.3, 0.4) is 0 Å². The molecular weight excluding hydrogens is 228 g/mol. The van der Waals surface area contributed by atoms with Crippen LogP contribution in [-0.4, -0.2) is 18.6 Å². The second kappa shape index (κ2) is 4.61. The fraction of sp³-hybridized carbons (Fsp3) is 0.500. The molecule has 0 heterocycles. The molecule has 0 unspecified atom stereocenters. The van der Waals surface area contributed by atoms with Crippen LogP contribution >= 0.6 is 0 Å². The van der Waals surface area contributed by atoms with Gasteiger partial charge in [0.25, 0.3) is 0 Å². The number of benzene rings is 1. The minimum absolute atomic E-state index is 0.0653. The van der Waals surface area contributed by atoms with Crippen molar-refractivity contribution in [1.29, 1.82) is 0 Å². The number of hydrogen-bond acceptors (Lipinski definition) is 3. The third-order valence-corrected chi connectivity index (χ3v) is 3.46. The van der Waals surface area contributed by atoms with Crippen molar-refractivity contribution in [2.75, 3.05) is 7.11 Å². The van der Waals surface area contributed by atoms with Crippen LogP contribution in [0.15, 0.2) is 12.1 Å². The van der Waals surface area contributed by atoms with E-state index >= 15 is 0 Å². The minimum Gasteiger partial charge on any atom is -0.496 e. The van der Waals surface area contributed by atoms with Gasteiger partial charge in [0.2, 0.25) is 5.91 Å². The number of rotatable bonds is 4. The zero-order valence-corrected chi connectivity index (χ0v) is 11.2. The van der Waals surface area contributed by atoms with Gasteiger partial charge in [0.1, 0.15) is 5.75 Å². The molecule has 4 heteroatoms. The zero-order chi connectivity index (χ0) is 13.3. The van der Waals surface area contributed by atoms with Gasteiger partial charge in [-0.2, -0.15) is 0 Å². The number of nitrogens with one attached hydrogen (secondary N) is 1. The predicted molar refractivity (Wildman–Crippen MR) is 70.5 cm³/mol. The van der Waals surface area contributed by atoms with Crippen LogP contribution in [0, 0.1) is 13.8 Å². The molecule has 4 nitrogen and oxygen atoms in total. The monoisotopic (exact) mass is 248 g/mol. The molecule has 0 bridgehead atoms. The van der Waals surface area contributed by atoms with Gasteiger partial charge in [-0.3, -0.25) is 4.79 Å². The molecule has 2 rings (SSSR count). The highest BCUT2D eigenvalue weighted by Crippen LogP contribution is 2.32. The maximum absolute atomic E-state index is 11.8. The number of amides is 1. The van der Waals surface area contributed by atoms with Crippen LogP contribution in [-0.2, 0) is 11.3 Å². The summed E-state index contributed by atoms with van der Waals surface area (Å²) in [5.41, 5.74) is 8.51. The average molecular weight is 248 g/mol. The molecular formula is C14H20N2O2. The van der Waals surface area contributed by atoms with Crippen LogP contribution in [0.4, 0.5) is 0 Å². The Labute approximate surface area is 108 Å². The van der Waals surface area contributed by atoms with Gasteiger partial charge in [0.05, 0.1) is 12.6 Å². The Morgan fingerprint density at radius 3 is 2.67 bits per heavy atom. The van der Waals surface area contributed by atoms with Crippen molar-refractivity contribution in [2.45, 2.75) is 38.8 Å². The number of aryl methyl sites for hydroxylation is 2. The molecule has 3 N–H and O–H groups in total. The lowest BCUT2D eigenvalue weighted by atomic mass is 10.0. The number of nitrogens with two attached hydrogens (primary N) is 1. The molecule has 1 aliphatic carbocycles. The smallest absolute Gasteiger partial charge is 0.240 e. The van der Waals surface area contributed by atoms with Crippen molar-refractivity contribution in [3.05, 3.63) is 28.8 Å². The molecule has 1 fully saturated rings.